The molecule has 0 saturated carbocycles. The second kappa shape index (κ2) is 23.4. The minimum Gasteiger partial charge on any atom is -0.383 e. The zero-order chi connectivity index (χ0) is 41.6. The molecule has 0 bridgehead atoms. The molecule has 1 heterocycles. The number of ether oxygens (including phenoxy) is 3. The SMILES string of the molecule is CC[C@H](C)[C@@H]([C@@H](CC(=O)N1CCC[C@H]1[C@H](OC)[C@@H](C)C(=O)N[C@H](COC)Cc1ccccc1)OC)N(C)C(=O)[C@@H](CC(=O)[C@H](C(C)C)N(C)C(C)C)C(C)C. The molecule has 0 aliphatic carbocycles. The lowest BCUT2D eigenvalue weighted by molar-refractivity contribution is -0.149. The molecule has 0 aromatic heterocycles. The summed E-state index contributed by atoms with van der Waals surface area (Å²) in [7, 11) is 8.60. The molecule has 0 unspecified atom stereocenters. The van der Waals surface area contributed by atoms with E-state index in [2.05, 4.69) is 51.8 Å². The van der Waals surface area contributed by atoms with Crippen molar-refractivity contribution in [3.8, 4) is 0 Å². The van der Waals surface area contributed by atoms with Gasteiger partial charge in [0.2, 0.25) is 17.7 Å². The van der Waals surface area contributed by atoms with E-state index in [0.717, 1.165) is 18.4 Å². The highest BCUT2D eigenvalue weighted by Gasteiger charge is 2.43. The van der Waals surface area contributed by atoms with E-state index in [-0.39, 0.29) is 78.3 Å². The smallest absolute Gasteiger partial charge is 0.226 e. The summed E-state index contributed by atoms with van der Waals surface area (Å²) in [6, 6.07) is 8.99. The standard InChI is InChI=1S/C44H76N4O7/c1-15-31(8)41(47(11)44(52)35(28(2)3)25-37(49)40(29(4)5)46(10)30(6)7)38(54-13)26-39(50)48-23-19-22-36(48)42(55-14)32(9)43(51)45-34(27-53-12)24-33-20-17-16-18-21-33/h16-18,20-21,28-32,34-36,38,40-42H,15,19,22-27H2,1-14H3,(H,45,51)/t31-,32+,34-,35-,36-,38+,40-,41-,42+/m0/s1. The molecular weight excluding hydrogens is 697 g/mol. The molecule has 1 fully saturated rings. The quantitative estimate of drug-likeness (QED) is 0.139. The van der Waals surface area contributed by atoms with Gasteiger partial charge in [0.25, 0.3) is 0 Å². The van der Waals surface area contributed by atoms with Crippen LogP contribution in [-0.4, -0.2) is 129 Å². The van der Waals surface area contributed by atoms with Gasteiger partial charge in [-0.25, -0.2) is 0 Å². The Bertz CT molecular complexity index is 1320. The van der Waals surface area contributed by atoms with Crippen molar-refractivity contribution in [3.63, 3.8) is 0 Å². The fourth-order valence-corrected chi connectivity index (χ4v) is 8.49. The second-order valence-electron chi connectivity index (χ2n) is 16.9. The van der Waals surface area contributed by atoms with Crippen LogP contribution in [-0.2, 0) is 39.8 Å². The molecule has 314 valence electrons. The van der Waals surface area contributed by atoms with Crippen molar-refractivity contribution in [1.29, 1.82) is 0 Å². The highest BCUT2D eigenvalue weighted by Crippen LogP contribution is 2.31. The summed E-state index contributed by atoms with van der Waals surface area (Å²) >= 11 is 0. The molecule has 0 spiro atoms. The lowest BCUT2D eigenvalue weighted by Gasteiger charge is -2.41. The largest absolute Gasteiger partial charge is 0.383 e. The number of ketones is 1. The molecule has 1 aromatic rings. The maximum Gasteiger partial charge on any atom is 0.226 e. The van der Waals surface area contributed by atoms with Gasteiger partial charge in [0.15, 0.2) is 5.78 Å². The van der Waals surface area contributed by atoms with Crippen LogP contribution in [0.2, 0.25) is 0 Å². The lowest BCUT2D eigenvalue weighted by atomic mass is 9.83. The van der Waals surface area contributed by atoms with Gasteiger partial charge < -0.3 is 29.3 Å². The number of amides is 3. The molecular formula is C44H76N4O7. The average Bonchev–Trinajstić information content (AvgIpc) is 3.63. The maximum absolute atomic E-state index is 14.4. The van der Waals surface area contributed by atoms with Gasteiger partial charge in [-0.3, -0.25) is 24.1 Å². The third kappa shape index (κ3) is 13.4. The summed E-state index contributed by atoms with van der Waals surface area (Å²) in [5.74, 6) is -1.24. The molecule has 55 heavy (non-hydrogen) atoms. The maximum atomic E-state index is 14.4. The molecule has 1 aromatic carbocycles. The van der Waals surface area contributed by atoms with Gasteiger partial charge in [0.1, 0.15) is 0 Å². The van der Waals surface area contributed by atoms with Crippen molar-refractivity contribution in [1.82, 2.24) is 20.0 Å². The van der Waals surface area contributed by atoms with Gasteiger partial charge in [-0.15, -0.1) is 0 Å². The fraction of sp³-hybridized carbons (Fsp3) is 0.773. The normalized spacial score (nSPS) is 19.2. The highest BCUT2D eigenvalue weighted by atomic mass is 16.5. The van der Waals surface area contributed by atoms with E-state index >= 15 is 0 Å². The second-order valence-corrected chi connectivity index (χ2v) is 16.9. The molecule has 1 aliphatic rings. The number of rotatable bonds is 24. The molecule has 3 amide bonds. The zero-order valence-electron chi connectivity index (χ0n) is 36.7. The molecule has 0 radical (unpaired) electrons. The number of carbonyl (C=O) groups excluding carboxylic acids is 4. The first kappa shape index (κ1) is 48.3. The highest BCUT2D eigenvalue weighted by molar-refractivity contribution is 5.90. The number of methoxy groups -OCH3 is 3. The molecule has 11 heteroatoms. The van der Waals surface area contributed by atoms with Crippen molar-refractivity contribution in [2.75, 3.05) is 48.6 Å². The van der Waals surface area contributed by atoms with Crippen molar-refractivity contribution in [2.45, 2.75) is 143 Å². The van der Waals surface area contributed by atoms with Crippen LogP contribution in [0.1, 0.15) is 100.0 Å². The molecule has 9 atom stereocenters. The number of nitrogens with one attached hydrogen (secondary N) is 1. The Morgan fingerprint density at radius 1 is 0.891 bits per heavy atom. The summed E-state index contributed by atoms with van der Waals surface area (Å²) < 4.78 is 17.5. The van der Waals surface area contributed by atoms with Crippen LogP contribution in [0.4, 0.5) is 0 Å². The Balaban J connectivity index is 2.28. The zero-order valence-corrected chi connectivity index (χ0v) is 36.7. The molecule has 11 nitrogen and oxygen atoms in total. The third-order valence-corrected chi connectivity index (χ3v) is 12.1. The van der Waals surface area contributed by atoms with Crippen LogP contribution in [0.3, 0.4) is 0 Å². The van der Waals surface area contributed by atoms with Crippen LogP contribution in [0.5, 0.6) is 0 Å². The summed E-state index contributed by atoms with van der Waals surface area (Å²) in [5.41, 5.74) is 1.10. The third-order valence-electron chi connectivity index (χ3n) is 12.1. The van der Waals surface area contributed by atoms with Crippen LogP contribution in [0.25, 0.3) is 0 Å². The van der Waals surface area contributed by atoms with E-state index in [4.69, 9.17) is 14.2 Å². The van der Waals surface area contributed by atoms with Crippen LogP contribution < -0.4 is 5.32 Å². The summed E-state index contributed by atoms with van der Waals surface area (Å²) in [5, 5.41) is 3.17. The van der Waals surface area contributed by atoms with Crippen LogP contribution in [0, 0.1) is 29.6 Å². The number of Topliss-reactive ketones (excluding diaryl/α,β-unsaturated/α-hetero) is 1. The Labute approximate surface area is 333 Å². The predicted octanol–water partition coefficient (Wildman–Crippen LogP) is 5.88. The number of benzene rings is 1. The Morgan fingerprint density at radius 2 is 1.53 bits per heavy atom. The molecule has 1 saturated heterocycles. The number of likely N-dealkylation sites (tertiary alicyclic amines) is 1. The topological polar surface area (TPSA) is 118 Å². The van der Waals surface area contributed by atoms with Gasteiger partial charge in [-0.2, -0.15) is 0 Å². The van der Waals surface area contributed by atoms with Crippen molar-refractivity contribution in [3.05, 3.63) is 35.9 Å². The first-order valence-electron chi connectivity index (χ1n) is 20.6. The van der Waals surface area contributed by atoms with Gasteiger partial charge >= 0.3 is 0 Å². The fourth-order valence-electron chi connectivity index (χ4n) is 8.49. The lowest BCUT2D eigenvalue weighted by Crippen LogP contribution is -2.55. The molecule has 1 N–H and O–H groups in total. The van der Waals surface area contributed by atoms with Gasteiger partial charge in [-0.1, -0.05) is 85.2 Å². The van der Waals surface area contributed by atoms with E-state index in [1.165, 1.54) is 0 Å². The van der Waals surface area contributed by atoms with Gasteiger partial charge in [0, 0.05) is 53.3 Å². The first-order chi connectivity index (χ1) is 25.9. The average molecular weight is 773 g/mol. The summed E-state index contributed by atoms with van der Waals surface area (Å²) in [4.78, 5) is 61.9. The molecule has 2 rings (SSSR count). The number of likely N-dealkylation sites (N-methyl/N-ethyl adjacent to an activating group) is 2. The van der Waals surface area contributed by atoms with Crippen LogP contribution >= 0.6 is 0 Å². The number of hydrogen-bond acceptors (Lipinski definition) is 8. The number of carbonyl (C=O) groups is 4. The minimum atomic E-state index is -0.578. The van der Waals surface area contributed by atoms with E-state index < -0.39 is 30.1 Å². The van der Waals surface area contributed by atoms with E-state index in [1.54, 1.807) is 33.3 Å². The van der Waals surface area contributed by atoms with E-state index in [0.29, 0.717) is 26.0 Å². The predicted molar refractivity (Wildman–Crippen MR) is 220 cm³/mol. The number of nitrogens with zero attached hydrogens (tertiary/aromatic N) is 3. The van der Waals surface area contributed by atoms with E-state index in [1.807, 2.05) is 63.1 Å². The summed E-state index contributed by atoms with van der Waals surface area (Å²) in [6.45, 7) is 19.2. The van der Waals surface area contributed by atoms with Crippen molar-refractivity contribution >= 4 is 23.5 Å². The Kier molecular flexibility index (Phi) is 20.5. The summed E-state index contributed by atoms with van der Waals surface area (Å²) in [6.07, 6.45) is 2.05. The molecule has 1 aliphatic heterocycles. The Morgan fingerprint density at radius 3 is 2.04 bits per heavy atom. The van der Waals surface area contributed by atoms with E-state index in [9.17, 15) is 19.2 Å². The van der Waals surface area contributed by atoms with Crippen molar-refractivity contribution in [2.24, 2.45) is 29.6 Å². The van der Waals surface area contributed by atoms with Crippen LogP contribution in [0.15, 0.2) is 30.3 Å². The number of hydrogen-bond donors (Lipinski definition) is 1. The first-order valence-corrected chi connectivity index (χ1v) is 20.6. The minimum absolute atomic E-state index is 0.0199. The van der Waals surface area contributed by atoms with Crippen molar-refractivity contribution < 1.29 is 33.4 Å². The van der Waals surface area contributed by atoms with Gasteiger partial charge in [0.05, 0.1) is 55.3 Å². The Hall–Kier alpha value is -2.86. The monoisotopic (exact) mass is 773 g/mol. The van der Waals surface area contributed by atoms with Gasteiger partial charge in [-0.05, 0) is 63.5 Å².